The van der Waals surface area contributed by atoms with Crippen LogP contribution in [0.5, 0.6) is 5.75 Å². The lowest BCUT2D eigenvalue weighted by Gasteiger charge is -2.56. The summed E-state index contributed by atoms with van der Waals surface area (Å²) in [6, 6.07) is 12.6. The normalized spacial score (nSPS) is 21.6. The number of fused-ring (bicyclic) bond motifs is 1. The number of anilines is 2. The summed E-state index contributed by atoms with van der Waals surface area (Å²) in [5, 5.41) is 7.46. The van der Waals surface area contributed by atoms with E-state index in [1.165, 1.54) is 36.9 Å². The number of nitrogens with zero attached hydrogens (tertiary/aromatic N) is 2. The van der Waals surface area contributed by atoms with Crippen LogP contribution in [0.15, 0.2) is 47.4 Å². The number of hydrogen-bond acceptors (Lipinski definition) is 7. The van der Waals surface area contributed by atoms with Crippen molar-refractivity contribution in [3.63, 3.8) is 0 Å². The lowest BCUT2D eigenvalue weighted by Crippen LogP contribution is -2.62. The number of benzene rings is 2. The number of alkyl halides is 3. The molecule has 0 amide bonds. The fourth-order valence-electron chi connectivity index (χ4n) is 7.31. The van der Waals surface area contributed by atoms with Gasteiger partial charge in [0.2, 0.25) is 0 Å². The third-order valence-electron chi connectivity index (χ3n) is 9.98. The first-order chi connectivity index (χ1) is 22.5. The first kappa shape index (κ1) is 33.5. The molecule has 0 bridgehead atoms. The van der Waals surface area contributed by atoms with Gasteiger partial charge in [0.25, 0.3) is 0 Å². The predicted octanol–water partition coefficient (Wildman–Crippen LogP) is 6.30. The quantitative estimate of drug-likeness (QED) is 0.258. The Morgan fingerprint density at radius 1 is 1.04 bits per heavy atom. The highest BCUT2D eigenvalue weighted by Gasteiger charge is 2.46. The Morgan fingerprint density at radius 2 is 1.79 bits per heavy atom. The molecule has 3 aromatic rings. The van der Waals surface area contributed by atoms with Crippen LogP contribution in [0.25, 0.3) is 10.9 Å². The molecule has 8 nitrogen and oxygen atoms in total. The van der Waals surface area contributed by atoms with E-state index < -0.39 is 22.6 Å². The van der Waals surface area contributed by atoms with E-state index >= 15 is 0 Å². The van der Waals surface area contributed by atoms with E-state index in [4.69, 9.17) is 9.47 Å². The average Bonchev–Trinajstić information content (AvgIpc) is 3.39. The predicted molar refractivity (Wildman–Crippen MR) is 178 cm³/mol. The summed E-state index contributed by atoms with van der Waals surface area (Å²) in [6.07, 6.45) is 2.17. The molecule has 0 radical (unpaired) electrons. The van der Waals surface area contributed by atoms with Crippen molar-refractivity contribution in [2.45, 2.75) is 75.1 Å². The van der Waals surface area contributed by atoms with Crippen LogP contribution in [0.3, 0.4) is 0 Å². The Bertz CT molecular complexity index is 1740. The molecule has 2 saturated heterocycles. The summed E-state index contributed by atoms with van der Waals surface area (Å²) >= 11 is 0. The first-order valence-corrected chi connectivity index (χ1v) is 18.1. The zero-order valence-electron chi connectivity index (χ0n) is 27.0. The van der Waals surface area contributed by atoms with Crippen molar-refractivity contribution in [2.24, 2.45) is 5.41 Å². The number of ether oxygens (including phenoxy) is 2. The SMILES string of the molecule is CCS(=O)(=O)c1ccc(NCC#Cc2cc3c(NC4CCC(N5CC6(CCOCC6)C5)CC4)cccc3n2CC(F)(F)F)c(OC)c1. The van der Waals surface area contributed by atoms with E-state index in [0.717, 1.165) is 62.8 Å². The number of nitrogens with one attached hydrogen (secondary N) is 2. The van der Waals surface area contributed by atoms with Crippen molar-refractivity contribution >= 4 is 32.1 Å². The first-order valence-electron chi connectivity index (χ1n) is 16.4. The minimum atomic E-state index is -4.42. The van der Waals surface area contributed by atoms with Gasteiger partial charge in [-0.25, -0.2) is 8.42 Å². The maximum atomic E-state index is 13.7. The van der Waals surface area contributed by atoms with Crippen molar-refractivity contribution in [2.75, 3.05) is 56.3 Å². The Balaban J connectivity index is 1.14. The van der Waals surface area contributed by atoms with Crippen LogP contribution in [0.4, 0.5) is 24.5 Å². The van der Waals surface area contributed by atoms with Crippen molar-refractivity contribution in [1.82, 2.24) is 9.47 Å². The lowest BCUT2D eigenvalue weighted by molar-refractivity contribution is -0.140. The van der Waals surface area contributed by atoms with Gasteiger partial charge in [0, 0.05) is 60.9 Å². The number of likely N-dealkylation sites (tertiary alicyclic amines) is 1. The molecule has 0 unspecified atom stereocenters. The van der Waals surface area contributed by atoms with E-state index in [9.17, 15) is 21.6 Å². The van der Waals surface area contributed by atoms with E-state index in [-0.39, 0.29) is 28.9 Å². The number of aromatic nitrogens is 1. The third-order valence-corrected chi connectivity index (χ3v) is 11.7. The molecule has 1 saturated carbocycles. The maximum absolute atomic E-state index is 13.7. The molecule has 3 fully saturated rings. The molecule has 254 valence electrons. The fourth-order valence-corrected chi connectivity index (χ4v) is 8.21. The molecule has 1 aliphatic carbocycles. The largest absolute Gasteiger partial charge is 0.495 e. The van der Waals surface area contributed by atoms with Crippen LogP contribution in [0.1, 0.15) is 51.1 Å². The summed E-state index contributed by atoms with van der Waals surface area (Å²) < 4.78 is 77.8. The average molecular weight is 673 g/mol. The van der Waals surface area contributed by atoms with Gasteiger partial charge >= 0.3 is 6.18 Å². The van der Waals surface area contributed by atoms with Gasteiger partial charge in [-0.3, -0.25) is 4.90 Å². The summed E-state index contributed by atoms with van der Waals surface area (Å²) in [5.74, 6) is 6.18. The second kappa shape index (κ2) is 13.6. The van der Waals surface area contributed by atoms with Crippen LogP contribution < -0.4 is 15.4 Å². The van der Waals surface area contributed by atoms with Gasteiger partial charge in [-0.2, -0.15) is 13.2 Å². The zero-order valence-corrected chi connectivity index (χ0v) is 27.8. The number of rotatable bonds is 9. The number of halogens is 3. The van der Waals surface area contributed by atoms with Gasteiger partial charge < -0.3 is 24.7 Å². The topological polar surface area (TPSA) is 84.8 Å². The summed E-state index contributed by atoms with van der Waals surface area (Å²) in [5.41, 5.74) is 2.57. The minimum absolute atomic E-state index is 0.0330. The fraction of sp³-hybridized carbons (Fsp3) is 0.543. The van der Waals surface area contributed by atoms with Gasteiger partial charge in [-0.05, 0) is 74.8 Å². The Labute approximate surface area is 274 Å². The Kier molecular flexibility index (Phi) is 9.70. The Morgan fingerprint density at radius 3 is 2.47 bits per heavy atom. The molecule has 2 aromatic carbocycles. The van der Waals surface area contributed by atoms with Gasteiger partial charge in [-0.15, -0.1) is 0 Å². The number of methoxy groups -OCH3 is 1. The molecule has 1 spiro atoms. The number of sulfone groups is 1. The van der Waals surface area contributed by atoms with E-state index in [1.807, 2.05) is 6.07 Å². The summed E-state index contributed by atoms with van der Waals surface area (Å²) in [7, 11) is -1.97. The molecule has 3 heterocycles. The van der Waals surface area contributed by atoms with Crippen molar-refractivity contribution in [3.05, 3.63) is 48.2 Å². The highest BCUT2D eigenvalue weighted by atomic mass is 32.2. The zero-order chi connectivity index (χ0) is 33.2. The van der Waals surface area contributed by atoms with Crippen molar-refractivity contribution in [3.8, 4) is 17.6 Å². The van der Waals surface area contributed by atoms with Crippen LogP contribution in [0.2, 0.25) is 0 Å². The molecule has 1 aromatic heterocycles. The number of hydrogen-bond donors (Lipinski definition) is 2. The summed E-state index contributed by atoms with van der Waals surface area (Å²) in [6.45, 7) is 4.65. The monoisotopic (exact) mass is 672 g/mol. The van der Waals surface area contributed by atoms with E-state index in [2.05, 4.69) is 27.4 Å². The molecule has 6 rings (SSSR count). The molecule has 3 aliphatic rings. The highest BCUT2D eigenvalue weighted by molar-refractivity contribution is 7.91. The molecular formula is C35H43F3N4O4S. The van der Waals surface area contributed by atoms with E-state index in [1.54, 1.807) is 31.2 Å². The minimum Gasteiger partial charge on any atom is -0.495 e. The van der Waals surface area contributed by atoms with Crippen molar-refractivity contribution in [1.29, 1.82) is 0 Å². The molecule has 2 N–H and O–H groups in total. The Hall–Kier alpha value is -3.40. The second-order valence-electron chi connectivity index (χ2n) is 13.1. The lowest BCUT2D eigenvalue weighted by atomic mass is 9.71. The smallest absolute Gasteiger partial charge is 0.406 e. The third kappa shape index (κ3) is 7.53. The molecular weight excluding hydrogens is 629 g/mol. The van der Waals surface area contributed by atoms with Gasteiger partial charge in [0.05, 0.1) is 41.2 Å². The van der Waals surface area contributed by atoms with Crippen LogP contribution in [-0.2, 0) is 21.1 Å². The van der Waals surface area contributed by atoms with Gasteiger partial charge in [-0.1, -0.05) is 18.9 Å². The molecule has 47 heavy (non-hydrogen) atoms. The molecule has 12 heteroatoms. The van der Waals surface area contributed by atoms with Crippen molar-refractivity contribution < 1.29 is 31.1 Å². The van der Waals surface area contributed by atoms with Crippen LogP contribution >= 0.6 is 0 Å². The van der Waals surface area contributed by atoms with E-state index in [0.29, 0.717) is 28.4 Å². The van der Waals surface area contributed by atoms with Gasteiger partial charge in [0.1, 0.15) is 12.3 Å². The maximum Gasteiger partial charge on any atom is 0.406 e. The highest BCUT2D eigenvalue weighted by Crippen LogP contribution is 2.43. The standard InChI is InChI=1S/C35H43F3N4O4S/c1-3-47(43,44)28-13-14-31(33(21-28)45-2)39-17-5-6-27-20-29-30(7-4-8-32(29)42(27)24-35(36,37)38)40-25-9-11-26(12-10-25)41-22-34(23-41)15-18-46-19-16-34/h4,7-8,13-14,20-21,25-26,39-40H,3,9-12,15-19,22-24H2,1-2H3. The summed E-state index contributed by atoms with van der Waals surface area (Å²) in [4.78, 5) is 2.80. The van der Waals surface area contributed by atoms with Gasteiger partial charge in [0.15, 0.2) is 9.84 Å². The van der Waals surface area contributed by atoms with Crippen LogP contribution in [-0.4, -0.2) is 81.9 Å². The molecule has 2 aliphatic heterocycles. The second-order valence-corrected chi connectivity index (χ2v) is 15.3. The molecule has 0 atom stereocenters. The van der Waals surface area contributed by atoms with Crippen LogP contribution in [0, 0.1) is 17.3 Å².